The van der Waals surface area contributed by atoms with Crippen molar-refractivity contribution in [1.82, 2.24) is 5.32 Å². The molecule has 21 heavy (non-hydrogen) atoms. The third-order valence-corrected chi connectivity index (χ3v) is 3.52. The second kappa shape index (κ2) is 5.29. The first-order valence-corrected chi connectivity index (χ1v) is 6.96. The predicted octanol–water partition coefficient (Wildman–Crippen LogP) is 0.996. The van der Waals surface area contributed by atoms with E-state index >= 15 is 0 Å². The molecule has 1 N–H and O–H groups in total. The SMILES string of the molecule is CC(=O)Oc1ccc(N2C(=O)CC(NC3CC3)C2=O)cc1. The van der Waals surface area contributed by atoms with E-state index in [-0.39, 0.29) is 18.2 Å². The molecule has 1 aliphatic heterocycles. The standard InChI is InChI=1S/C15H16N2O4/c1-9(18)21-12-6-4-11(5-7-12)17-14(19)8-13(15(17)20)16-10-2-3-10/h4-7,10,13,16H,2-3,8H2,1H3. The summed E-state index contributed by atoms with van der Waals surface area (Å²) in [5, 5.41) is 3.19. The van der Waals surface area contributed by atoms with Crippen LogP contribution < -0.4 is 15.0 Å². The van der Waals surface area contributed by atoms with E-state index in [0.29, 0.717) is 17.5 Å². The lowest BCUT2D eigenvalue weighted by Gasteiger charge is -2.15. The molecule has 1 heterocycles. The Morgan fingerprint density at radius 2 is 1.90 bits per heavy atom. The molecule has 2 aliphatic rings. The van der Waals surface area contributed by atoms with Crippen molar-refractivity contribution < 1.29 is 19.1 Å². The summed E-state index contributed by atoms with van der Waals surface area (Å²) in [6.45, 7) is 1.32. The molecule has 1 saturated heterocycles. The summed E-state index contributed by atoms with van der Waals surface area (Å²) in [5.41, 5.74) is 0.501. The van der Waals surface area contributed by atoms with Crippen LogP contribution in [0.15, 0.2) is 24.3 Å². The zero-order valence-corrected chi connectivity index (χ0v) is 11.7. The van der Waals surface area contributed by atoms with Crippen molar-refractivity contribution in [3.63, 3.8) is 0 Å². The lowest BCUT2D eigenvalue weighted by atomic mass is 10.2. The molecule has 1 atom stereocenters. The van der Waals surface area contributed by atoms with Gasteiger partial charge in [0.2, 0.25) is 5.91 Å². The van der Waals surface area contributed by atoms with Gasteiger partial charge in [-0.25, -0.2) is 4.90 Å². The lowest BCUT2D eigenvalue weighted by Crippen LogP contribution is -2.39. The molecule has 3 rings (SSSR count). The minimum absolute atomic E-state index is 0.195. The zero-order chi connectivity index (χ0) is 15.0. The summed E-state index contributed by atoms with van der Waals surface area (Å²) in [6, 6.07) is 6.30. The van der Waals surface area contributed by atoms with E-state index < -0.39 is 12.0 Å². The molecule has 0 bridgehead atoms. The van der Waals surface area contributed by atoms with Crippen molar-refractivity contribution in [3.05, 3.63) is 24.3 Å². The fraction of sp³-hybridized carbons (Fsp3) is 0.400. The molecule has 2 amide bonds. The molecule has 1 aromatic carbocycles. The van der Waals surface area contributed by atoms with Gasteiger partial charge in [-0.15, -0.1) is 0 Å². The fourth-order valence-electron chi connectivity index (χ4n) is 2.40. The average molecular weight is 288 g/mol. The summed E-state index contributed by atoms with van der Waals surface area (Å²) in [7, 11) is 0. The molecule has 1 aromatic rings. The number of rotatable bonds is 4. The highest BCUT2D eigenvalue weighted by molar-refractivity contribution is 6.22. The van der Waals surface area contributed by atoms with E-state index in [9.17, 15) is 14.4 Å². The number of carbonyl (C=O) groups is 3. The van der Waals surface area contributed by atoms with E-state index in [2.05, 4.69) is 5.32 Å². The molecule has 1 aliphatic carbocycles. The van der Waals surface area contributed by atoms with Gasteiger partial charge in [-0.1, -0.05) is 0 Å². The number of imide groups is 1. The Kier molecular flexibility index (Phi) is 3.47. The highest BCUT2D eigenvalue weighted by Gasteiger charge is 2.41. The second-order valence-electron chi connectivity index (χ2n) is 5.35. The maximum Gasteiger partial charge on any atom is 0.308 e. The van der Waals surface area contributed by atoms with E-state index in [1.807, 2.05) is 0 Å². The van der Waals surface area contributed by atoms with Gasteiger partial charge in [0.15, 0.2) is 0 Å². The first-order valence-electron chi connectivity index (χ1n) is 6.96. The highest BCUT2D eigenvalue weighted by Crippen LogP contribution is 2.27. The minimum atomic E-state index is -0.418. The van der Waals surface area contributed by atoms with E-state index in [1.165, 1.54) is 11.8 Å². The largest absolute Gasteiger partial charge is 0.427 e. The van der Waals surface area contributed by atoms with E-state index in [1.54, 1.807) is 24.3 Å². The molecule has 2 fully saturated rings. The van der Waals surface area contributed by atoms with Crippen LogP contribution in [-0.4, -0.2) is 29.9 Å². The molecule has 0 spiro atoms. The zero-order valence-electron chi connectivity index (χ0n) is 11.7. The number of hydrogen-bond donors (Lipinski definition) is 1. The third-order valence-electron chi connectivity index (χ3n) is 3.52. The normalized spacial score (nSPS) is 21.8. The van der Waals surface area contributed by atoms with Gasteiger partial charge in [-0.05, 0) is 37.1 Å². The Bertz CT molecular complexity index is 592. The van der Waals surface area contributed by atoms with Gasteiger partial charge in [0, 0.05) is 13.0 Å². The number of anilines is 1. The Morgan fingerprint density at radius 1 is 1.24 bits per heavy atom. The van der Waals surface area contributed by atoms with Crippen LogP contribution in [-0.2, 0) is 14.4 Å². The van der Waals surface area contributed by atoms with Crippen LogP contribution in [0.1, 0.15) is 26.2 Å². The second-order valence-corrected chi connectivity index (χ2v) is 5.35. The molecule has 6 heteroatoms. The summed E-state index contributed by atoms with van der Waals surface area (Å²) in [5.74, 6) is -0.451. The van der Waals surface area contributed by atoms with Crippen molar-refractivity contribution in [3.8, 4) is 5.75 Å². The molecule has 0 radical (unpaired) electrons. The van der Waals surface area contributed by atoms with Crippen LogP contribution in [0, 0.1) is 0 Å². The molecule has 0 aromatic heterocycles. The van der Waals surface area contributed by atoms with E-state index in [0.717, 1.165) is 12.8 Å². The topological polar surface area (TPSA) is 75.7 Å². The maximum atomic E-state index is 12.3. The summed E-state index contributed by atoms with van der Waals surface area (Å²) < 4.78 is 4.93. The summed E-state index contributed by atoms with van der Waals surface area (Å²) in [6.07, 6.45) is 2.32. The van der Waals surface area contributed by atoms with Crippen LogP contribution in [0.2, 0.25) is 0 Å². The Hall–Kier alpha value is -2.21. The van der Waals surface area contributed by atoms with Gasteiger partial charge in [-0.2, -0.15) is 0 Å². The molecule has 1 unspecified atom stereocenters. The Labute approximate surface area is 122 Å². The summed E-state index contributed by atoms with van der Waals surface area (Å²) in [4.78, 5) is 36.4. The number of esters is 1. The van der Waals surface area contributed by atoms with Gasteiger partial charge in [0.1, 0.15) is 5.75 Å². The third kappa shape index (κ3) is 2.95. The van der Waals surface area contributed by atoms with Crippen LogP contribution in [0.25, 0.3) is 0 Å². The first kappa shape index (κ1) is 13.8. The number of nitrogens with one attached hydrogen (secondary N) is 1. The Morgan fingerprint density at radius 3 is 2.48 bits per heavy atom. The van der Waals surface area contributed by atoms with Gasteiger partial charge < -0.3 is 10.1 Å². The quantitative estimate of drug-likeness (QED) is 0.508. The van der Waals surface area contributed by atoms with Crippen molar-refractivity contribution in [2.75, 3.05) is 4.90 Å². The number of benzene rings is 1. The van der Waals surface area contributed by atoms with Crippen LogP contribution in [0.3, 0.4) is 0 Å². The van der Waals surface area contributed by atoms with Crippen LogP contribution in [0.5, 0.6) is 5.75 Å². The maximum absolute atomic E-state index is 12.3. The van der Waals surface area contributed by atoms with Crippen LogP contribution in [0.4, 0.5) is 5.69 Å². The molecule has 6 nitrogen and oxygen atoms in total. The minimum Gasteiger partial charge on any atom is -0.427 e. The molecule has 1 saturated carbocycles. The number of ether oxygens (including phenoxy) is 1. The van der Waals surface area contributed by atoms with Crippen molar-refractivity contribution in [2.45, 2.75) is 38.3 Å². The predicted molar refractivity (Wildman–Crippen MR) is 74.8 cm³/mol. The molecular weight excluding hydrogens is 272 g/mol. The van der Waals surface area contributed by atoms with Crippen molar-refractivity contribution >= 4 is 23.5 Å². The first-order chi connectivity index (χ1) is 10.0. The molecule has 110 valence electrons. The molecular formula is C15H16N2O4. The highest BCUT2D eigenvalue weighted by atomic mass is 16.5. The average Bonchev–Trinajstić information content (AvgIpc) is 3.18. The van der Waals surface area contributed by atoms with Gasteiger partial charge in [0.25, 0.3) is 5.91 Å². The monoisotopic (exact) mass is 288 g/mol. The Balaban J connectivity index is 1.74. The van der Waals surface area contributed by atoms with Crippen molar-refractivity contribution in [2.24, 2.45) is 0 Å². The van der Waals surface area contributed by atoms with Crippen LogP contribution >= 0.6 is 0 Å². The number of carbonyl (C=O) groups excluding carboxylic acids is 3. The number of nitrogens with zero attached hydrogens (tertiary/aromatic N) is 1. The summed E-state index contributed by atoms with van der Waals surface area (Å²) >= 11 is 0. The van der Waals surface area contributed by atoms with Gasteiger partial charge in [-0.3, -0.25) is 14.4 Å². The van der Waals surface area contributed by atoms with Gasteiger partial charge >= 0.3 is 5.97 Å². The number of hydrogen-bond acceptors (Lipinski definition) is 5. The number of amides is 2. The van der Waals surface area contributed by atoms with Crippen molar-refractivity contribution in [1.29, 1.82) is 0 Å². The fourth-order valence-corrected chi connectivity index (χ4v) is 2.40. The lowest BCUT2D eigenvalue weighted by molar-refractivity contribution is -0.132. The van der Waals surface area contributed by atoms with E-state index in [4.69, 9.17) is 4.74 Å². The van der Waals surface area contributed by atoms with Gasteiger partial charge in [0.05, 0.1) is 18.2 Å². The smallest absolute Gasteiger partial charge is 0.308 e.